The largest absolute Gasteiger partial charge is 0.495 e. The number of carbonyl (C=O) groups is 2. The average Bonchev–Trinajstić information content (AvgIpc) is 3.63. The van der Waals surface area contributed by atoms with Crippen LogP contribution in [0.15, 0.2) is 35.9 Å². The topological polar surface area (TPSA) is 123 Å². The number of piperazine rings is 1. The Balaban J connectivity index is 1.27. The minimum Gasteiger partial charge on any atom is -0.495 e. The van der Waals surface area contributed by atoms with Crippen LogP contribution in [0.25, 0.3) is 10.9 Å². The molecule has 1 aliphatic carbocycles. The number of aromatic nitrogens is 1. The number of hydrogen-bond acceptors (Lipinski definition) is 10. The third-order valence-corrected chi connectivity index (χ3v) is 9.34. The van der Waals surface area contributed by atoms with Crippen molar-refractivity contribution in [3.05, 3.63) is 35.9 Å². The van der Waals surface area contributed by atoms with Gasteiger partial charge < -0.3 is 30.1 Å². The van der Waals surface area contributed by atoms with Crippen molar-refractivity contribution in [3.63, 3.8) is 0 Å². The smallest absolute Gasteiger partial charge is 0.275 e. The minimum absolute atomic E-state index is 0.0205. The number of benzene rings is 1. The first-order valence-corrected chi connectivity index (χ1v) is 15.2. The Labute approximate surface area is 247 Å². The molecular weight excluding hydrogens is 534 g/mol. The normalized spacial score (nSPS) is 25.9. The fourth-order valence-electron chi connectivity index (χ4n) is 7.03. The summed E-state index contributed by atoms with van der Waals surface area (Å²) >= 11 is 0. The number of carbonyl (C=O) groups excluding carboxylic acids is 2. The average molecular weight is 580 g/mol. The van der Waals surface area contributed by atoms with Crippen LogP contribution in [-0.2, 0) is 4.79 Å². The van der Waals surface area contributed by atoms with E-state index >= 15 is 0 Å². The lowest BCUT2D eigenvalue weighted by Crippen LogP contribution is -2.76. The molecule has 1 saturated heterocycles. The molecule has 42 heavy (non-hydrogen) atoms. The Hall–Kier alpha value is -3.48. The SMILES string of the molecule is CCC1CN(C)C2=C(N[C@@](N)(Nc3cc4ccn(C(=O)CN5CCN(C)CC5)c4cc3OC)NC2=O)N1C1CCCC1. The highest BCUT2D eigenvalue weighted by molar-refractivity contribution is 5.97. The molecule has 5 N–H and O–H groups in total. The van der Waals surface area contributed by atoms with Gasteiger partial charge in [0.15, 0.2) is 0 Å². The molecule has 2 atom stereocenters. The van der Waals surface area contributed by atoms with Gasteiger partial charge in [-0.1, -0.05) is 19.8 Å². The first-order chi connectivity index (χ1) is 20.2. The van der Waals surface area contributed by atoms with Crippen molar-refractivity contribution in [1.82, 2.24) is 34.8 Å². The molecule has 0 bridgehead atoms. The number of nitrogens with zero attached hydrogens (tertiary/aromatic N) is 5. The van der Waals surface area contributed by atoms with Crippen molar-refractivity contribution in [1.29, 1.82) is 0 Å². The van der Waals surface area contributed by atoms with Gasteiger partial charge in [-0.05, 0) is 38.4 Å². The number of hydrogen-bond donors (Lipinski definition) is 4. The van der Waals surface area contributed by atoms with Gasteiger partial charge in [-0.3, -0.25) is 30.1 Å². The summed E-state index contributed by atoms with van der Waals surface area (Å²) in [7, 11) is 5.66. The molecule has 12 heteroatoms. The van der Waals surface area contributed by atoms with Crippen LogP contribution >= 0.6 is 0 Å². The van der Waals surface area contributed by atoms with Gasteiger partial charge in [0.2, 0.25) is 11.8 Å². The lowest BCUT2D eigenvalue weighted by molar-refractivity contribution is -0.123. The maximum Gasteiger partial charge on any atom is 0.275 e. The third-order valence-electron chi connectivity index (χ3n) is 9.34. The molecule has 6 rings (SSSR count). The fraction of sp³-hybridized carbons (Fsp3) is 0.600. The molecule has 4 heterocycles. The van der Waals surface area contributed by atoms with Gasteiger partial charge in [-0.15, -0.1) is 0 Å². The molecule has 12 nitrogen and oxygen atoms in total. The van der Waals surface area contributed by atoms with Crippen LogP contribution < -0.4 is 26.4 Å². The molecule has 0 spiro atoms. The predicted molar refractivity (Wildman–Crippen MR) is 163 cm³/mol. The maximum absolute atomic E-state index is 13.6. The summed E-state index contributed by atoms with van der Waals surface area (Å²) in [6.45, 7) is 7.03. The molecule has 1 unspecified atom stereocenters. The van der Waals surface area contributed by atoms with E-state index in [1.165, 1.54) is 12.8 Å². The van der Waals surface area contributed by atoms with Gasteiger partial charge in [0, 0.05) is 69.5 Å². The van der Waals surface area contributed by atoms with E-state index in [9.17, 15) is 9.59 Å². The second-order valence-electron chi connectivity index (χ2n) is 12.3. The Morgan fingerprint density at radius 3 is 2.57 bits per heavy atom. The number of methoxy groups -OCH3 is 1. The van der Waals surface area contributed by atoms with E-state index < -0.39 is 5.91 Å². The summed E-state index contributed by atoms with van der Waals surface area (Å²) in [4.78, 5) is 35.7. The van der Waals surface area contributed by atoms with Crippen molar-refractivity contribution >= 4 is 28.4 Å². The summed E-state index contributed by atoms with van der Waals surface area (Å²) in [5.41, 5.74) is 8.85. The van der Waals surface area contributed by atoms with Crippen molar-refractivity contribution in [2.45, 2.75) is 57.0 Å². The lowest BCUT2D eigenvalue weighted by atomic mass is 10.0. The van der Waals surface area contributed by atoms with Gasteiger partial charge >= 0.3 is 0 Å². The zero-order valence-electron chi connectivity index (χ0n) is 25.3. The molecule has 4 aliphatic rings. The predicted octanol–water partition coefficient (Wildman–Crippen LogP) is 1.38. The molecule has 2 fully saturated rings. The van der Waals surface area contributed by atoms with E-state index in [0.717, 1.165) is 68.7 Å². The van der Waals surface area contributed by atoms with Crippen molar-refractivity contribution in [2.24, 2.45) is 5.73 Å². The number of amides is 1. The van der Waals surface area contributed by atoms with Crippen LogP contribution in [-0.4, -0.2) is 114 Å². The van der Waals surface area contributed by atoms with Gasteiger partial charge in [0.1, 0.15) is 17.3 Å². The van der Waals surface area contributed by atoms with E-state index in [4.69, 9.17) is 10.5 Å². The molecule has 1 saturated carbocycles. The van der Waals surface area contributed by atoms with E-state index in [0.29, 0.717) is 29.7 Å². The van der Waals surface area contributed by atoms with Crippen LogP contribution in [0.1, 0.15) is 43.8 Å². The van der Waals surface area contributed by atoms with Crippen LogP contribution in [0, 0.1) is 0 Å². The van der Waals surface area contributed by atoms with Crippen molar-refractivity contribution in [2.75, 3.05) is 65.8 Å². The zero-order chi connectivity index (χ0) is 29.6. The van der Waals surface area contributed by atoms with E-state index in [1.54, 1.807) is 11.7 Å². The van der Waals surface area contributed by atoms with Crippen molar-refractivity contribution < 1.29 is 14.3 Å². The first-order valence-electron chi connectivity index (χ1n) is 15.2. The Kier molecular flexibility index (Phi) is 7.71. The first kappa shape index (κ1) is 28.6. The number of nitrogens with one attached hydrogen (secondary N) is 3. The number of nitrogens with two attached hydrogens (primary N) is 1. The highest BCUT2D eigenvalue weighted by atomic mass is 16.5. The van der Waals surface area contributed by atoms with Crippen LogP contribution in [0.3, 0.4) is 0 Å². The number of anilines is 1. The van der Waals surface area contributed by atoms with Gasteiger partial charge in [0.25, 0.3) is 5.91 Å². The Morgan fingerprint density at radius 2 is 1.88 bits per heavy atom. The van der Waals surface area contributed by atoms with Crippen LogP contribution in [0.2, 0.25) is 0 Å². The number of rotatable bonds is 7. The van der Waals surface area contributed by atoms with Gasteiger partial charge in [-0.25, -0.2) is 0 Å². The van der Waals surface area contributed by atoms with E-state index in [-0.39, 0.29) is 17.9 Å². The van der Waals surface area contributed by atoms with Crippen LogP contribution in [0.4, 0.5) is 5.69 Å². The molecule has 2 aromatic rings. The number of likely N-dealkylation sites (N-methyl/N-ethyl adjacent to an activating group) is 2. The van der Waals surface area contributed by atoms with E-state index in [1.807, 2.05) is 36.3 Å². The second-order valence-corrected chi connectivity index (χ2v) is 12.3. The molecule has 1 aromatic carbocycles. The number of ether oxygens (including phenoxy) is 1. The highest BCUT2D eigenvalue weighted by Crippen LogP contribution is 2.36. The number of fused-ring (bicyclic) bond motifs is 1. The van der Waals surface area contributed by atoms with Crippen LogP contribution in [0.5, 0.6) is 5.75 Å². The summed E-state index contributed by atoms with van der Waals surface area (Å²) in [6.07, 6.45) is 7.40. The zero-order valence-corrected chi connectivity index (χ0v) is 25.3. The van der Waals surface area contributed by atoms with Gasteiger partial charge in [-0.2, -0.15) is 0 Å². The Bertz CT molecular complexity index is 1380. The molecule has 1 amide bonds. The quantitative estimate of drug-likeness (QED) is 0.358. The minimum atomic E-state index is -1.45. The molecule has 3 aliphatic heterocycles. The second kappa shape index (κ2) is 11.3. The molecule has 228 valence electrons. The standard InChI is InChI=1S/C30H45N9O3/c1-5-21-18-36(3)27-28(39(21)22-8-6-7-9-22)33-30(31,34-29(27)41)32-23-16-20-10-11-38(24(20)17-25(23)42-4)26(40)19-37-14-12-35(2)13-15-37/h10-11,16-17,21-22,32-33H,5-9,12-15,18-19,31H2,1-4H3,(H,34,41)/t21?,30-/m1/s1. The molecule has 1 aromatic heterocycles. The Morgan fingerprint density at radius 1 is 1.14 bits per heavy atom. The highest BCUT2D eigenvalue weighted by Gasteiger charge is 2.46. The molecule has 0 radical (unpaired) electrons. The van der Waals surface area contributed by atoms with Gasteiger partial charge in [0.05, 0.1) is 24.9 Å². The maximum atomic E-state index is 13.6. The summed E-state index contributed by atoms with van der Waals surface area (Å²) < 4.78 is 7.46. The fourth-order valence-corrected chi connectivity index (χ4v) is 7.03. The summed E-state index contributed by atoms with van der Waals surface area (Å²) in [6, 6.07) is 6.35. The summed E-state index contributed by atoms with van der Waals surface area (Å²) in [5.74, 6) is -0.353. The molecular formula is C30H45N9O3. The van der Waals surface area contributed by atoms with Crippen molar-refractivity contribution in [3.8, 4) is 5.75 Å². The third kappa shape index (κ3) is 5.27. The lowest BCUT2D eigenvalue weighted by Gasteiger charge is -2.52. The monoisotopic (exact) mass is 579 g/mol. The van der Waals surface area contributed by atoms with E-state index in [2.05, 4.69) is 44.6 Å². The summed E-state index contributed by atoms with van der Waals surface area (Å²) in [5, 5.41) is 10.6.